The van der Waals surface area contributed by atoms with E-state index in [1.807, 2.05) is 6.92 Å². The number of ether oxygens (including phenoxy) is 1. The predicted octanol–water partition coefficient (Wildman–Crippen LogP) is 7.99. The lowest BCUT2D eigenvalue weighted by Gasteiger charge is -2.15. The van der Waals surface area contributed by atoms with Crippen molar-refractivity contribution in [2.45, 2.75) is 52.9 Å². The van der Waals surface area contributed by atoms with Gasteiger partial charge in [0.25, 0.3) is 0 Å². The lowest BCUT2D eigenvalue weighted by atomic mass is 10.00. The van der Waals surface area contributed by atoms with Gasteiger partial charge < -0.3 is 4.74 Å². The minimum absolute atomic E-state index is 0.0502. The number of hydrogen-bond acceptors (Lipinski definition) is 6. The summed E-state index contributed by atoms with van der Waals surface area (Å²) in [7, 11) is -3.59. The molecule has 0 saturated heterocycles. The number of aromatic nitrogens is 3. The standard InChI is InChI=1S/C28H26F6N4O3S/c1-5-6-9-42(39,40)38-25-16(3)17(4)26(37-36-25)41-21-7-8-23-22(14-21)15(2)10-24(35-23)18-11-19(27(29,30)31)13-20(12-18)28(32,33)34/h7-8,10-14H,5-6,9H2,1-4H3,(H,36,38). The van der Waals surface area contributed by atoms with Gasteiger partial charge in [0.1, 0.15) is 5.75 Å². The molecule has 0 spiro atoms. The quantitative estimate of drug-likeness (QED) is 0.203. The largest absolute Gasteiger partial charge is 0.437 e. The van der Waals surface area contributed by atoms with Crippen molar-refractivity contribution in [1.82, 2.24) is 15.2 Å². The molecule has 0 radical (unpaired) electrons. The summed E-state index contributed by atoms with van der Waals surface area (Å²) in [6.07, 6.45) is -8.76. The fraction of sp³-hybridized carbons (Fsp3) is 0.321. The van der Waals surface area contributed by atoms with Crippen molar-refractivity contribution in [1.29, 1.82) is 0 Å². The van der Waals surface area contributed by atoms with Gasteiger partial charge in [-0.05, 0) is 75.2 Å². The van der Waals surface area contributed by atoms with Crippen LogP contribution in [0.2, 0.25) is 0 Å². The summed E-state index contributed by atoms with van der Waals surface area (Å²) in [5.41, 5.74) is -1.34. The summed E-state index contributed by atoms with van der Waals surface area (Å²) in [4.78, 5) is 4.32. The van der Waals surface area contributed by atoms with E-state index < -0.39 is 33.5 Å². The Bertz CT molecular complexity index is 1720. The maximum Gasteiger partial charge on any atom is 0.416 e. The molecule has 2 heterocycles. The predicted molar refractivity (Wildman–Crippen MR) is 146 cm³/mol. The van der Waals surface area contributed by atoms with Crippen LogP contribution in [0.25, 0.3) is 22.2 Å². The van der Waals surface area contributed by atoms with E-state index in [-0.39, 0.29) is 34.8 Å². The number of hydrogen-bond donors (Lipinski definition) is 1. The highest BCUT2D eigenvalue weighted by atomic mass is 32.2. The Kier molecular flexibility index (Phi) is 8.40. The number of fused-ring (bicyclic) bond motifs is 1. The van der Waals surface area contributed by atoms with Gasteiger partial charge in [-0.25, -0.2) is 13.4 Å². The van der Waals surface area contributed by atoms with Crippen LogP contribution < -0.4 is 9.46 Å². The first kappa shape index (κ1) is 31.0. The van der Waals surface area contributed by atoms with E-state index in [0.717, 1.165) is 0 Å². The van der Waals surface area contributed by atoms with Gasteiger partial charge in [0.15, 0.2) is 5.82 Å². The third kappa shape index (κ3) is 6.92. The van der Waals surface area contributed by atoms with Gasteiger partial charge >= 0.3 is 12.4 Å². The summed E-state index contributed by atoms with van der Waals surface area (Å²) in [6, 6.07) is 7.38. The minimum Gasteiger partial charge on any atom is -0.437 e. The van der Waals surface area contributed by atoms with Gasteiger partial charge in [-0.3, -0.25) is 4.72 Å². The summed E-state index contributed by atoms with van der Waals surface area (Å²) < 4.78 is 113. The lowest BCUT2D eigenvalue weighted by molar-refractivity contribution is -0.143. The van der Waals surface area contributed by atoms with Crippen molar-refractivity contribution in [3.63, 3.8) is 0 Å². The van der Waals surface area contributed by atoms with Gasteiger partial charge in [0.2, 0.25) is 15.9 Å². The van der Waals surface area contributed by atoms with E-state index in [4.69, 9.17) is 4.74 Å². The van der Waals surface area contributed by atoms with Crippen LogP contribution in [0.1, 0.15) is 47.6 Å². The number of unbranched alkanes of at least 4 members (excludes halogenated alkanes) is 1. The molecule has 4 aromatic rings. The molecule has 224 valence electrons. The lowest BCUT2D eigenvalue weighted by Crippen LogP contribution is -2.19. The van der Waals surface area contributed by atoms with Gasteiger partial charge in [-0.1, -0.05) is 13.3 Å². The molecule has 0 aliphatic carbocycles. The molecule has 0 aliphatic rings. The Morgan fingerprint density at radius 1 is 0.857 bits per heavy atom. The third-order valence-electron chi connectivity index (χ3n) is 6.58. The maximum atomic E-state index is 13.4. The Balaban J connectivity index is 1.66. The number of nitrogens with one attached hydrogen (secondary N) is 1. The molecule has 0 unspecified atom stereocenters. The zero-order valence-corrected chi connectivity index (χ0v) is 23.7. The van der Waals surface area contributed by atoms with Crippen LogP contribution in [0.5, 0.6) is 11.6 Å². The monoisotopic (exact) mass is 612 g/mol. The van der Waals surface area contributed by atoms with Crippen LogP contribution >= 0.6 is 0 Å². The van der Waals surface area contributed by atoms with Crippen molar-refractivity contribution in [3.8, 4) is 22.9 Å². The topological polar surface area (TPSA) is 94.1 Å². The smallest absolute Gasteiger partial charge is 0.416 e. The number of sulfonamides is 1. The Morgan fingerprint density at radius 3 is 2.10 bits per heavy atom. The highest BCUT2D eigenvalue weighted by Crippen LogP contribution is 2.39. The number of aryl methyl sites for hydroxylation is 1. The summed E-state index contributed by atoms with van der Waals surface area (Å²) >= 11 is 0. The molecular formula is C28H26F6N4O3S. The molecule has 1 N–H and O–H groups in total. The van der Waals surface area contributed by atoms with E-state index >= 15 is 0 Å². The minimum atomic E-state index is -4.98. The van der Waals surface area contributed by atoms with Crippen molar-refractivity contribution in [3.05, 3.63) is 70.3 Å². The van der Waals surface area contributed by atoms with Gasteiger partial charge in [-0.2, -0.15) is 26.3 Å². The van der Waals surface area contributed by atoms with Crippen molar-refractivity contribution in [2.24, 2.45) is 0 Å². The maximum absolute atomic E-state index is 13.4. The SMILES string of the molecule is CCCCS(=O)(=O)Nc1nnc(Oc2ccc3nc(-c4cc(C(F)(F)F)cc(C(F)(F)F)c4)cc(C)c3c2)c(C)c1C. The first-order chi connectivity index (χ1) is 19.5. The zero-order chi connectivity index (χ0) is 31.0. The normalized spacial score (nSPS) is 12.5. The molecule has 42 heavy (non-hydrogen) atoms. The molecule has 0 aliphatic heterocycles. The first-order valence-corrected chi connectivity index (χ1v) is 14.4. The van der Waals surface area contributed by atoms with Crippen LogP contribution in [-0.4, -0.2) is 29.4 Å². The molecule has 2 aromatic carbocycles. The number of nitrogens with zero attached hydrogens (tertiary/aromatic N) is 3. The Labute approximate surface area is 238 Å². The molecule has 0 fully saturated rings. The number of alkyl halides is 6. The molecule has 0 amide bonds. The zero-order valence-electron chi connectivity index (χ0n) is 22.9. The molecule has 0 saturated carbocycles. The number of halogens is 6. The van der Waals surface area contributed by atoms with Crippen LogP contribution in [0.4, 0.5) is 32.2 Å². The first-order valence-electron chi connectivity index (χ1n) is 12.7. The Hall–Kier alpha value is -3.94. The van der Waals surface area contributed by atoms with Crippen molar-refractivity contribution >= 4 is 26.7 Å². The molecule has 14 heteroatoms. The van der Waals surface area contributed by atoms with Crippen LogP contribution in [-0.2, 0) is 22.4 Å². The average Bonchev–Trinajstić information content (AvgIpc) is 2.90. The average molecular weight is 613 g/mol. The molecular weight excluding hydrogens is 586 g/mol. The van der Waals surface area contributed by atoms with Crippen LogP contribution in [0.3, 0.4) is 0 Å². The fourth-order valence-corrected chi connectivity index (χ4v) is 5.37. The second-order valence-electron chi connectivity index (χ2n) is 9.78. The van der Waals surface area contributed by atoms with Gasteiger partial charge in [0.05, 0.1) is 28.1 Å². The van der Waals surface area contributed by atoms with E-state index in [2.05, 4.69) is 19.9 Å². The van der Waals surface area contributed by atoms with E-state index in [1.165, 1.54) is 18.2 Å². The second kappa shape index (κ2) is 11.4. The fourth-order valence-electron chi connectivity index (χ4n) is 4.11. The highest BCUT2D eigenvalue weighted by Gasteiger charge is 2.37. The number of benzene rings is 2. The van der Waals surface area contributed by atoms with E-state index in [1.54, 1.807) is 26.8 Å². The van der Waals surface area contributed by atoms with E-state index in [9.17, 15) is 34.8 Å². The van der Waals surface area contributed by atoms with Crippen LogP contribution in [0, 0.1) is 20.8 Å². The highest BCUT2D eigenvalue weighted by molar-refractivity contribution is 7.92. The molecule has 4 rings (SSSR count). The summed E-state index contributed by atoms with van der Waals surface area (Å²) in [6.45, 7) is 6.88. The Morgan fingerprint density at radius 2 is 1.50 bits per heavy atom. The van der Waals surface area contributed by atoms with Gasteiger partial charge in [-0.15, -0.1) is 10.2 Å². The summed E-state index contributed by atoms with van der Waals surface area (Å²) in [5, 5.41) is 8.52. The molecule has 0 atom stereocenters. The summed E-state index contributed by atoms with van der Waals surface area (Å²) in [5.74, 6) is 0.469. The molecule has 7 nitrogen and oxygen atoms in total. The van der Waals surface area contributed by atoms with Crippen LogP contribution in [0.15, 0.2) is 42.5 Å². The van der Waals surface area contributed by atoms with Crippen molar-refractivity contribution in [2.75, 3.05) is 10.5 Å². The van der Waals surface area contributed by atoms with Crippen molar-refractivity contribution < 1.29 is 39.5 Å². The number of rotatable bonds is 8. The second-order valence-corrected chi connectivity index (χ2v) is 11.6. The molecule has 2 aromatic heterocycles. The molecule has 0 bridgehead atoms. The third-order valence-corrected chi connectivity index (χ3v) is 7.91. The van der Waals surface area contributed by atoms with E-state index in [0.29, 0.717) is 58.3 Å². The number of anilines is 1. The van der Waals surface area contributed by atoms with Gasteiger partial charge in [0, 0.05) is 22.1 Å². The number of pyridine rings is 1.